The maximum Gasteiger partial charge on any atom is 0.484 e. The Morgan fingerprint density at radius 1 is 1.58 bits per heavy atom. The number of rotatable bonds is 1. The zero-order valence-corrected chi connectivity index (χ0v) is 5.55. The van der Waals surface area contributed by atoms with E-state index in [2.05, 4.69) is 9.40 Å². The van der Waals surface area contributed by atoms with Crippen molar-refractivity contribution in [3.8, 4) is 0 Å². The Hall–Kier alpha value is -1.53. The van der Waals surface area contributed by atoms with E-state index in [1.807, 2.05) is 0 Å². The summed E-state index contributed by atoms with van der Waals surface area (Å²) < 4.78 is 38.8. The number of carbonyl (C=O) groups excluding carboxylic acids is 1. The van der Waals surface area contributed by atoms with Gasteiger partial charge in [0.05, 0.1) is 6.20 Å². The summed E-state index contributed by atoms with van der Waals surface area (Å²) in [6.45, 7) is 0. The maximum atomic E-state index is 11.5. The summed E-state index contributed by atoms with van der Waals surface area (Å²) in [6, 6.07) is 0. The molecule has 0 saturated carbocycles. The molecule has 0 aliphatic rings. The number of oxazole rings is 1. The minimum atomic E-state index is -4.75. The van der Waals surface area contributed by atoms with Crippen LogP contribution in [-0.4, -0.2) is 17.2 Å². The van der Waals surface area contributed by atoms with Crippen LogP contribution in [0.2, 0.25) is 0 Å². The van der Waals surface area contributed by atoms with Gasteiger partial charge in [0.25, 0.3) is 5.91 Å². The molecule has 0 spiro atoms. The molecule has 1 aromatic heterocycles. The van der Waals surface area contributed by atoms with Gasteiger partial charge in [-0.1, -0.05) is 0 Å². The van der Waals surface area contributed by atoms with Gasteiger partial charge in [-0.2, -0.15) is 13.2 Å². The molecule has 0 unspecified atom stereocenters. The molecular weight excluding hydrogens is 177 g/mol. The SMILES string of the molecule is O=C(NC(F)(F)F)c1cnco1. The highest BCUT2D eigenvalue weighted by Gasteiger charge is 2.31. The Kier molecular flexibility index (Phi) is 2.03. The summed E-state index contributed by atoms with van der Waals surface area (Å²) in [5.74, 6) is -1.84. The van der Waals surface area contributed by atoms with Crippen molar-refractivity contribution in [2.45, 2.75) is 6.30 Å². The third-order valence-corrected chi connectivity index (χ3v) is 0.911. The molecule has 1 rings (SSSR count). The molecule has 0 aliphatic carbocycles. The molecular formula is C5H3F3N2O2. The molecule has 0 saturated heterocycles. The van der Waals surface area contributed by atoms with Crippen LogP contribution in [0.3, 0.4) is 0 Å². The van der Waals surface area contributed by atoms with Gasteiger partial charge < -0.3 is 4.42 Å². The van der Waals surface area contributed by atoms with E-state index in [0.717, 1.165) is 17.9 Å². The van der Waals surface area contributed by atoms with E-state index in [0.29, 0.717) is 0 Å². The van der Waals surface area contributed by atoms with Crippen LogP contribution in [0.4, 0.5) is 13.2 Å². The smallest absolute Gasteiger partial charge is 0.438 e. The first-order valence-corrected chi connectivity index (χ1v) is 2.77. The average molecular weight is 180 g/mol. The van der Waals surface area contributed by atoms with E-state index in [1.54, 1.807) is 0 Å². The van der Waals surface area contributed by atoms with Gasteiger partial charge in [-0.25, -0.2) is 4.98 Å². The lowest BCUT2D eigenvalue weighted by Crippen LogP contribution is -2.36. The third kappa shape index (κ3) is 2.26. The van der Waals surface area contributed by atoms with Crippen molar-refractivity contribution >= 4 is 5.91 Å². The molecule has 7 heteroatoms. The Morgan fingerprint density at radius 3 is 2.67 bits per heavy atom. The first-order valence-electron chi connectivity index (χ1n) is 2.77. The van der Waals surface area contributed by atoms with Gasteiger partial charge in [0, 0.05) is 0 Å². The van der Waals surface area contributed by atoms with Gasteiger partial charge >= 0.3 is 6.30 Å². The number of alkyl halides is 3. The summed E-state index contributed by atoms with van der Waals surface area (Å²) in [4.78, 5) is 13.8. The molecule has 1 heterocycles. The van der Waals surface area contributed by atoms with Crippen molar-refractivity contribution < 1.29 is 22.4 Å². The van der Waals surface area contributed by atoms with Crippen molar-refractivity contribution in [3.63, 3.8) is 0 Å². The normalized spacial score (nSPS) is 11.2. The van der Waals surface area contributed by atoms with E-state index in [4.69, 9.17) is 0 Å². The number of hydrogen-bond donors (Lipinski definition) is 1. The molecule has 0 aromatic carbocycles. The molecule has 12 heavy (non-hydrogen) atoms. The Bertz CT molecular complexity index is 267. The predicted octanol–water partition coefficient (Wildman–Crippen LogP) is 0.924. The number of amides is 1. The minimum Gasteiger partial charge on any atom is -0.438 e. The zero-order valence-electron chi connectivity index (χ0n) is 5.55. The fourth-order valence-electron chi connectivity index (χ4n) is 0.518. The van der Waals surface area contributed by atoms with Crippen LogP contribution >= 0.6 is 0 Å². The van der Waals surface area contributed by atoms with Crippen LogP contribution in [0, 0.1) is 0 Å². The van der Waals surface area contributed by atoms with E-state index in [-0.39, 0.29) is 0 Å². The van der Waals surface area contributed by atoms with Crippen LogP contribution in [-0.2, 0) is 0 Å². The van der Waals surface area contributed by atoms with Crippen LogP contribution in [0.1, 0.15) is 10.6 Å². The molecule has 1 N–H and O–H groups in total. The molecule has 0 fully saturated rings. The van der Waals surface area contributed by atoms with Crippen molar-refractivity contribution in [2.24, 2.45) is 0 Å². The molecule has 0 radical (unpaired) electrons. The van der Waals surface area contributed by atoms with Gasteiger partial charge in [0.1, 0.15) is 0 Å². The van der Waals surface area contributed by atoms with Gasteiger partial charge in [-0.15, -0.1) is 0 Å². The van der Waals surface area contributed by atoms with Crippen LogP contribution < -0.4 is 5.32 Å². The Morgan fingerprint density at radius 2 is 2.25 bits per heavy atom. The van der Waals surface area contributed by atoms with E-state index in [1.165, 1.54) is 0 Å². The molecule has 0 atom stereocenters. The fourth-order valence-corrected chi connectivity index (χ4v) is 0.518. The lowest BCUT2D eigenvalue weighted by molar-refractivity contribution is -0.146. The lowest BCUT2D eigenvalue weighted by atomic mass is 10.5. The average Bonchev–Trinajstić information content (AvgIpc) is 2.32. The van der Waals surface area contributed by atoms with Crippen LogP contribution in [0.25, 0.3) is 0 Å². The first kappa shape index (κ1) is 8.57. The van der Waals surface area contributed by atoms with Crippen molar-refractivity contribution in [1.82, 2.24) is 10.3 Å². The predicted molar refractivity (Wildman–Crippen MR) is 30.0 cm³/mol. The number of nitrogens with one attached hydrogen (secondary N) is 1. The topological polar surface area (TPSA) is 55.1 Å². The van der Waals surface area contributed by atoms with Gasteiger partial charge in [-0.3, -0.25) is 10.1 Å². The second kappa shape index (κ2) is 2.84. The Balaban J connectivity index is 2.63. The summed E-state index contributed by atoms with van der Waals surface area (Å²) in [7, 11) is 0. The lowest BCUT2D eigenvalue weighted by Gasteiger charge is -2.05. The first-order chi connectivity index (χ1) is 5.49. The summed E-state index contributed by atoms with van der Waals surface area (Å²) >= 11 is 0. The van der Waals surface area contributed by atoms with Crippen molar-refractivity contribution in [2.75, 3.05) is 0 Å². The standard InChI is InChI=1S/C5H3F3N2O2/c6-5(7,8)10-4(11)3-1-9-2-12-3/h1-2H,(H,10,11). The monoisotopic (exact) mass is 180 g/mol. The number of carbonyl (C=O) groups is 1. The zero-order chi connectivity index (χ0) is 9.19. The second-order valence-electron chi connectivity index (χ2n) is 1.82. The van der Waals surface area contributed by atoms with Gasteiger partial charge in [0.15, 0.2) is 6.39 Å². The number of aromatic nitrogens is 1. The Labute approximate surface area is 64.4 Å². The van der Waals surface area contributed by atoms with E-state index in [9.17, 15) is 18.0 Å². The molecule has 0 aliphatic heterocycles. The quantitative estimate of drug-likeness (QED) is 0.654. The van der Waals surface area contributed by atoms with E-state index >= 15 is 0 Å². The van der Waals surface area contributed by atoms with Gasteiger partial charge in [0.2, 0.25) is 5.76 Å². The molecule has 0 bridgehead atoms. The molecule has 1 amide bonds. The fraction of sp³-hybridized carbons (Fsp3) is 0.200. The summed E-state index contributed by atoms with van der Waals surface area (Å²) in [6.07, 6.45) is -2.99. The minimum absolute atomic E-state index is 0.479. The number of halogens is 3. The molecule has 4 nitrogen and oxygen atoms in total. The van der Waals surface area contributed by atoms with Crippen molar-refractivity contribution in [1.29, 1.82) is 0 Å². The summed E-state index contributed by atoms with van der Waals surface area (Å²) in [5.41, 5.74) is 0. The third-order valence-electron chi connectivity index (χ3n) is 0.911. The highest BCUT2D eigenvalue weighted by atomic mass is 19.4. The number of hydrogen-bond acceptors (Lipinski definition) is 3. The van der Waals surface area contributed by atoms with Crippen molar-refractivity contribution in [3.05, 3.63) is 18.4 Å². The van der Waals surface area contributed by atoms with Crippen LogP contribution in [0.15, 0.2) is 17.0 Å². The van der Waals surface area contributed by atoms with E-state index < -0.39 is 18.0 Å². The maximum absolute atomic E-state index is 11.5. The largest absolute Gasteiger partial charge is 0.484 e. The molecule has 1 aromatic rings. The highest BCUT2D eigenvalue weighted by Crippen LogP contribution is 2.10. The summed E-state index contributed by atoms with van der Waals surface area (Å²) in [5, 5.41) is 0.749. The highest BCUT2D eigenvalue weighted by molar-refractivity contribution is 5.91. The molecule has 66 valence electrons. The second-order valence-corrected chi connectivity index (χ2v) is 1.82. The van der Waals surface area contributed by atoms with Crippen LogP contribution in [0.5, 0.6) is 0 Å². The van der Waals surface area contributed by atoms with Gasteiger partial charge in [-0.05, 0) is 0 Å². The number of nitrogens with zero attached hydrogens (tertiary/aromatic N) is 1.